The fourth-order valence-corrected chi connectivity index (χ4v) is 1.97. The number of hydrogen-bond acceptors (Lipinski definition) is 6. The van der Waals surface area contributed by atoms with Crippen LogP contribution in [0.5, 0.6) is 0 Å². The number of fused-ring (bicyclic) bond motifs is 1. The first kappa shape index (κ1) is 14.0. The number of ether oxygens (including phenoxy) is 1. The molecule has 1 unspecified atom stereocenters. The highest BCUT2D eigenvalue weighted by Gasteiger charge is 2.37. The average Bonchev–Trinajstić information content (AvgIpc) is 3.05. The summed E-state index contributed by atoms with van der Waals surface area (Å²) in [6.07, 6.45) is -3.72. The molecule has 3 rings (SSSR count). The molecule has 0 amide bonds. The van der Waals surface area contributed by atoms with Crippen molar-refractivity contribution in [2.75, 3.05) is 25.3 Å². The van der Waals surface area contributed by atoms with Gasteiger partial charge < -0.3 is 4.74 Å². The molecule has 1 aliphatic rings. The Morgan fingerprint density at radius 1 is 1.38 bits per heavy atom. The first-order chi connectivity index (χ1) is 10.0. The summed E-state index contributed by atoms with van der Waals surface area (Å²) in [7, 11) is 0. The van der Waals surface area contributed by atoms with Crippen molar-refractivity contribution >= 4 is 11.5 Å². The topological polar surface area (TPSA) is 73.6 Å². The van der Waals surface area contributed by atoms with Gasteiger partial charge in [-0.1, -0.05) is 0 Å². The molecule has 7 nitrogen and oxygen atoms in total. The summed E-state index contributed by atoms with van der Waals surface area (Å²) in [5.41, 5.74) is 2.53. The van der Waals surface area contributed by atoms with Crippen molar-refractivity contribution in [1.82, 2.24) is 19.8 Å². The predicted molar refractivity (Wildman–Crippen MR) is 64.3 cm³/mol. The number of halogens is 3. The molecule has 3 heterocycles. The van der Waals surface area contributed by atoms with Crippen LogP contribution in [0.15, 0.2) is 12.1 Å². The average molecular weight is 303 g/mol. The maximum absolute atomic E-state index is 12.7. The molecule has 0 saturated carbocycles. The van der Waals surface area contributed by atoms with Gasteiger partial charge in [0.25, 0.3) is 5.82 Å². The van der Waals surface area contributed by atoms with Gasteiger partial charge in [-0.15, -0.1) is 15.3 Å². The van der Waals surface area contributed by atoms with Crippen molar-refractivity contribution in [3.8, 4) is 0 Å². The van der Waals surface area contributed by atoms with Crippen LogP contribution in [0, 0.1) is 5.92 Å². The van der Waals surface area contributed by atoms with Gasteiger partial charge >= 0.3 is 6.18 Å². The van der Waals surface area contributed by atoms with Gasteiger partial charge in [-0.2, -0.15) is 17.7 Å². The molecule has 0 aliphatic carbocycles. The number of nitrogens with zero attached hydrogens (tertiary/aromatic N) is 4. The number of aromatic nitrogens is 4. The van der Waals surface area contributed by atoms with Gasteiger partial charge in [-0.3, -0.25) is 4.84 Å². The summed E-state index contributed by atoms with van der Waals surface area (Å²) >= 11 is 0. The van der Waals surface area contributed by atoms with E-state index < -0.39 is 12.0 Å². The van der Waals surface area contributed by atoms with E-state index >= 15 is 0 Å². The molecule has 0 aromatic carbocycles. The molecule has 0 bridgehead atoms. The van der Waals surface area contributed by atoms with Crippen LogP contribution in [0.4, 0.5) is 19.0 Å². The number of alkyl halides is 3. The Bertz CT molecular complexity index is 624. The quantitative estimate of drug-likeness (QED) is 0.863. The zero-order chi connectivity index (χ0) is 14.9. The Balaban J connectivity index is 1.70. The number of hydrogen-bond donors (Lipinski definition) is 1. The van der Waals surface area contributed by atoms with Crippen molar-refractivity contribution in [3.63, 3.8) is 0 Å². The van der Waals surface area contributed by atoms with E-state index in [1.807, 2.05) is 0 Å². The standard InChI is InChI=1S/C11H12F3N5O2/c12-11(13,14)10-16-15-9-2-1-8(17-19(9)10)18-21-6-7-3-4-20-5-7/h1-2,7H,3-6H2,(H,17,18). The van der Waals surface area contributed by atoms with Crippen LogP contribution in [0.3, 0.4) is 0 Å². The van der Waals surface area contributed by atoms with Crippen molar-refractivity contribution < 1.29 is 22.7 Å². The minimum absolute atomic E-state index is 0.0112. The third-order valence-corrected chi connectivity index (χ3v) is 3.04. The van der Waals surface area contributed by atoms with Crippen molar-refractivity contribution in [3.05, 3.63) is 18.0 Å². The van der Waals surface area contributed by atoms with Crippen LogP contribution in [0.25, 0.3) is 5.65 Å². The lowest BCUT2D eigenvalue weighted by Gasteiger charge is -2.10. The molecule has 1 atom stereocenters. The molecule has 0 spiro atoms. The van der Waals surface area contributed by atoms with Crippen molar-refractivity contribution in [2.45, 2.75) is 12.6 Å². The SMILES string of the molecule is FC(F)(F)c1nnc2ccc(NOCC3CCOC3)nn12. The molecule has 2 aromatic heterocycles. The Hall–Kier alpha value is -1.94. The van der Waals surface area contributed by atoms with Gasteiger partial charge in [0.15, 0.2) is 11.5 Å². The third-order valence-electron chi connectivity index (χ3n) is 3.04. The molecule has 0 radical (unpaired) electrons. The predicted octanol–water partition coefficient (Wildman–Crippen LogP) is 1.52. The van der Waals surface area contributed by atoms with Gasteiger partial charge in [0.05, 0.1) is 13.2 Å². The zero-order valence-corrected chi connectivity index (χ0v) is 10.8. The zero-order valence-electron chi connectivity index (χ0n) is 10.8. The monoisotopic (exact) mass is 303 g/mol. The molecule has 21 heavy (non-hydrogen) atoms. The molecule has 114 valence electrons. The smallest absolute Gasteiger partial charge is 0.381 e. The van der Waals surface area contributed by atoms with E-state index in [1.165, 1.54) is 12.1 Å². The largest absolute Gasteiger partial charge is 0.453 e. The fourth-order valence-electron chi connectivity index (χ4n) is 1.97. The minimum Gasteiger partial charge on any atom is -0.381 e. The van der Waals surface area contributed by atoms with Gasteiger partial charge in [0.2, 0.25) is 0 Å². The lowest BCUT2D eigenvalue weighted by Crippen LogP contribution is -2.16. The molecule has 1 aliphatic heterocycles. The highest BCUT2D eigenvalue weighted by Crippen LogP contribution is 2.27. The number of anilines is 1. The lowest BCUT2D eigenvalue weighted by atomic mass is 10.1. The second-order valence-electron chi connectivity index (χ2n) is 4.65. The third kappa shape index (κ3) is 3.05. The molecule has 1 saturated heterocycles. The molecular formula is C11H12F3N5O2. The second-order valence-corrected chi connectivity index (χ2v) is 4.65. The van der Waals surface area contributed by atoms with Crippen LogP contribution >= 0.6 is 0 Å². The molecule has 1 fully saturated rings. The Kier molecular flexibility index (Phi) is 3.64. The van der Waals surface area contributed by atoms with E-state index in [0.717, 1.165) is 6.42 Å². The van der Waals surface area contributed by atoms with Crippen molar-refractivity contribution in [2.24, 2.45) is 5.92 Å². The molecular weight excluding hydrogens is 291 g/mol. The van der Waals surface area contributed by atoms with Crippen LogP contribution in [0.2, 0.25) is 0 Å². The van der Waals surface area contributed by atoms with E-state index in [2.05, 4.69) is 20.8 Å². The first-order valence-electron chi connectivity index (χ1n) is 6.29. The summed E-state index contributed by atoms with van der Waals surface area (Å²) in [5, 5.41) is 10.3. The number of rotatable bonds is 4. The highest BCUT2D eigenvalue weighted by atomic mass is 19.4. The van der Waals surface area contributed by atoms with E-state index in [-0.39, 0.29) is 17.4 Å². The minimum atomic E-state index is -4.62. The molecule has 2 aromatic rings. The summed E-state index contributed by atoms with van der Waals surface area (Å²) in [5.74, 6) is -0.751. The summed E-state index contributed by atoms with van der Waals surface area (Å²) in [6.45, 7) is 1.72. The Morgan fingerprint density at radius 3 is 2.95 bits per heavy atom. The lowest BCUT2D eigenvalue weighted by molar-refractivity contribution is -0.146. The van der Waals surface area contributed by atoms with Gasteiger partial charge in [0, 0.05) is 12.5 Å². The molecule has 1 N–H and O–H groups in total. The first-order valence-corrected chi connectivity index (χ1v) is 6.29. The van der Waals surface area contributed by atoms with E-state index in [1.54, 1.807) is 0 Å². The summed E-state index contributed by atoms with van der Waals surface area (Å²) in [4.78, 5) is 5.23. The van der Waals surface area contributed by atoms with Crippen LogP contribution in [-0.4, -0.2) is 39.6 Å². The summed E-state index contributed by atoms with van der Waals surface area (Å²) < 4.78 is 44.0. The van der Waals surface area contributed by atoms with Gasteiger partial charge in [-0.25, -0.2) is 5.48 Å². The second kappa shape index (κ2) is 5.45. The van der Waals surface area contributed by atoms with Crippen LogP contribution in [0.1, 0.15) is 12.2 Å². The van der Waals surface area contributed by atoms with Crippen molar-refractivity contribution in [1.29, 1.82) is 0 Å². The Labute approximate surface area is 117 Å². The fraction of sp³-hybridized carbons (Fsp3) is 0.545. The normalized spacial score (nSPS) is 19.3. The van der Waals surface area contributed by atoms with Gasteiger partial charge in [0.1, 0.15) is 0 Å². The maximum atomic E-state index is 12.7. The molecule has 10 heteroatoms. The number of nitrogens with one attached hydrogen (secondary N) is 1. The summed E-state index contributed by atoms with van der Waals surface area (Å²) in [6, 6.07) is 2.84. The Morgan fingerprint density at radius 2 is 2.24 bits per heavy atom. The highest BCUT2D eigenvalue weighted by molar-refractivity contribution is 5.43. The van der Waals surface area contributed by atoms with E-state index in [4.69, 9.17) is 9.57 Å². The maximum Gasteiger partial charge on any atom is 0.453 e. The van der Waals surface area contributed by atoms with Crippen LogP contribution < -0.4 is 5.48 Å². The van der Waals surface area contributed by atoms with E-state index in [9.17, 15) is 13.2 Å². The van der Waals surface area contributed by atoms with Gasteiger partial charge in [-0.05, 0) is 18.6 Å². The van der Waals surface area contributed by atoms with E-state index in [0.29, 0.717) is 24.3 Å². The van der Waals surface area contributed by atoms with Crippen LogP contribution in [-0.2, 0) is 15.8 Å².